The summed E-state index contributed by atoms with van der Waals surface area (Å²) in [5.41, 5.74) is 1.95. The van der Waals surface area contributed by atoms with E-state index < -0.39 is 11.7 Å². The Hall–Kier alpha value is -1.85. The molecule has 1 N–H and O–H groups in total. The van der Waals surface area contributed by atoms with Crippen molar-refractivity contribution in [1.29, 1.82) is 0 Å². The molecule has 1 atom stereocenters. The predicted octanol–water partition coefficient (Wildman–Crippen LogP) is 3.05. The second kappa shape index (κ2) is 7.80. The third kappa shape index (κ3) is 4.86. The van der Waals surface area contributed by atoms with Gasteiger partial charge in [-0.3, -0.25) is 4.90 Å². The van der Waals surface area contributed by atoms with Gasteiger partial charge in [-0.05, 0) is 38.3 Å². The second-order valence-electron chi connectivity index (χ2n) is 8.34. The SMILES string of the molecule is CC(C)(C)OC(=O)N1CC(C(O)C2=CCN(Cc3ccccc3)CC2)C1. The lowest BCUT2D eigenvalue weighted by atomic mass is 9.86. The minimum absolute atomic E-state index is 0.120. The van der Waals surface area contributed by atoms with Gasteiger partial charge in [0.05, 0.1) is 6.10 Å². The first-order valence-corrected chi connectivity index (χ1v) is 9.43. The van der Waals surface area contributed by atoms with Gasteiger partial charge in [0, 0.05) is 38.6 Å². The number of amides is 1. The number of hydrogen-bond acceptors (Lipinski definition) is 4. The number of rotatable bonds is 4. The van der Waals surface area contributed by atoms with Crippen LogP contribution in [-0.2, 0) is 11.3 Å². The highest BCUT2D eigenvalue weighted by Crippen LogP contribution is 2.28. The van der Waals surface area contributed by atoms with Crippen LogP contribution in [0.1, 0.15) is 32.8 Å². The standard InChI is InChI=1S/C21H30N2O3/c1-21(2,3)26-20(25)23-14-18(15-23)19(24)17-9-11-22(12-10-17)13-16-7-5-4-6-8-16/h4-9,18-19,24H,10-15H2,1-3H3. The molecule has 0 radical (unpaired) electrons. The Morgan fingerprint density at radius 1 is 1.27 bits per heavy atom. The maximum atomic E-state index is 12.0. The fourth-order valence-corrected chi connectivity index (χ4v) is 3.47. The van der Waals surface area contributed by atoms with Gasteiger partial charge in [0.1, 0.15) is 5.60 Å². The number of carbonyl (C=O) groups is 1. The van der Waals surface area contributed by atoms with E-state index in [2.05, 4.69) is 35.2 Å². The minimum Gasteiger partial charge on any atom is -0.444 e. The van der Waals surface area contributed by atoms with Crippen LogP contribution in [0.5, 0.6) is 0 Å². The Morgan fingerprint density at radius 3 is 2.54 bits per heavy atom. The smallest absolute Gasteiger partial charge is 0.410 e. The maximum Gasteiger partial charge on any atom is 0.410 e. The number of aliphatic hydroxyl groups is 1. The molecule has 1 unspecified atom stereocenters. The van der Waals surface area contributed by atoms with Crippen molar-refractivity contribution >= 4 is 6.09 Å². The monoisotopic (exact) mass is 358 g/mol. The van der Waals surface area contributed by atoms with Crippen LogP contribution in [0.2, 0.25) is 0 Å². The number of nitrogens with zero attached hydrogens (tertiary/aromatic N) is 2. The molecule has 1 aromatic rings. The van der Waals surface area contributed by atoms with Crippen molar-refractivity contribution in [2.75, 3.05) is 26.2 Å². The molecule has 0 bridgehead atoms. The molecule has 0 aromatic heterocycles. The summed E-state index contributed by atoms with van der Waals surface area (Å²) in [6.07, 6.45) is 2.31. The van der Waals surface area contributed by atoms with Gasteiger partial charge in [0.2, 0.25) is 0 Å². The van der Waals surface area contributed by atoms with Crippen LogP contribution in [0.25, 0.3) is 0 Å². The summed E-state index contributed by atoms with van der Waals surface area (Å²) in [6.45, 7) is 9.50. The molecule has 0 spiro atoms. The van der Waals surface area contributed by atoms with Gasteiger partial charge >= 0.3 is 6.09 Å². The molecule has 1 aromatic carbocycles. The first kappa shape index (κ1) is 18.9. The Morgan fingerprint density at radius 2 is 1.96 bits per heavy atom. The lowest BCUT2D eigenvalue weighted by molar-refractivity contribution is -0.0238. The molecule has 26 heavy (non-hydrogen) atoms. The van der Waals surface area contributed by atoms with Gasteiger partial charge in [-0.2, -0.15) is 0 Å². The van der Waals surface area contributed by atoms with Crippen LogP contribution in [0, 0.1) is 5.92 Å². The molecule has 5 nitrogen and oxygen atoms in total. The molecule has 142 valence electrons. The van der Waals surface area contributed by atoms with Gasteiger partial charge < -0.3 is 14.7 Å². The fraction of sp³-hybridized carbons (Fsp3) is 0.571. The molecule has 1 saturated heterocycles. The summed E-state index contributed by atoms with van der Waals surface area (Å²) >= 11 is 0. The highest BCUT2D eigenvalue weighted by Gasteiger charge is 2.39. The average Bonchev–Trinajstić information content (AvgIpc) is 2.53. The summed E-state index contributed by atoms with van der Waals surface area (Å²) < 4.78 is 5.37. The topological polar surface area (TPSA) is 53.0 Å². The van der Waals surface area contributed by atoms with Crippen molar-refractivity contribution in [3.63, 3.8) is 0 Å². The zero-order valence-electron chi connectivity index (χ0n) is 16.0. The lowest BCUT2D eigenvalue weighted by Gasteiger charge is -2.43. The highest BCUT2D eigenvalue weighted by molar-refractivity contribution is 5.69. The van der Waals surface area contributed by atoms with E-state index in [-0.39, 0.29) is 12.0 Å². The third-order valence-corrected chi connectivity index (χ3v) is 4.97. The molecule has 0 saturated carbocycles. The van der Waals surface area contributed by atoms with Gasteiger partial charge in [-0.25, -0.2) is 4.79 Å². The maximum absolute atomic E-state index is 12.0. The van der Waals surface area contributed by atoms with Crippen molar-refractivity contribution in [2.24, 2.45) is 5.92 Å². The van der Waals surface area contributed by atoms with E-state index in [1.807, 2.05) is 26.8 Å². The van der Waals surface area contributed by atoms with Crippen LogP contribution >= 0.6 is 0 Å². The largest absolute Gasteiger partial charge is 0.444 e. The Bertz CT molecular complexity index is 645. The van der Waals surface area contributed by atoms with Crippen LogP contribution in [0.3, 0.4) is 0 Å². The zero-order chi connectivity index (χ0) is 18.7. The summed E-state index contributed by atoms with van der Waals surface area (Å²) in [7, 11) is 0. The fourth-order valence-electron chi connectivity index (χ4n) is 3.47. The van der Waals surface area contributed by atoms with Crippen LogP contribution in [0.15, 0.2) is 42.0 Å². The summed E-state index contributed by atoms with van der Waals surface area (Å²) in [5, 5.41) is 10.6. The van der Waals surface area contributed by atoms with E-state index in [4.69, 9.17) is 4.74 Å². The second-order valence-corrected chi connectivity index (χ2v) is 8.34. The van der Waals surface area contributed by atoms with E-state index in [1.54, 1.807) is 4.90 Å². The predicted molar refractivity (Wildman–Crippen MR) is 102 cm³/mol. The molecule has 5 heteroatoms. The number of benzene rings is 1. The average molecular weight is 358 g/mol. The molecule has 2 heterocycles. The van der Waals surface area contributed by atoms with Gasteiger partial charge in [-0.1, -0.05) is 36.4 Å². The van der Waals surface area contributed by atoms with Crippen LogP contribution < -0.4 is 0 Å². The molecular weight excluding hydrogens is 328 g/mol. The summed E-state index contributed by atoms with van der Waals surface area (Å²) in [5.74, 6) is 0.120. The van der Waals surface area contributed by atoms with E-state index >= 15 is 0 Å². The van der Waals surface area contributed by atoms with Crippen molar-refractivity contribution in [1.82, 2.24) is 9.80 Å². The van der Waals surface area contributed by atoms with Crippen molar-refractivity contribution in [3.8, 4) is 0 Å². The van der Waals surface area contributed by atoms with Crippen molar-refractivity contribution < 1.29 is 14.6 Å². The van der Waals surface area contributed by atoms with Gasteiger partial charge in [0.25, 0.3) is 0 Å². The molecule has 1 fully saturated rings. The Kier molecular flexibility index (Phi) is 5.68. The molecule has 0 aliphatic carbocycles. The number of carbonyl (C=O) groups excluding carboxylic acids is 1. The van der Waals surface area contributed by atoms with E-state index in [1.165, 1.54) is 5.56 Å². The van der Waals surface area contributed by atoms with E-state index in [9.17, 15) is 9.90 Å². The number of hydrogen-bond donors (Lipinski definition) is 1. The third-order valence-electron chi connectivity index (χ3n) is 4.97. The lowest BCUT2D eigenvalue weighted by Crippen LogP contribution is -2.56. The zero-order valence-corrected chi connectivity index (χ0v) is 16.0. The van der Waals surface area contributed by atoms with Crippen LogP contribution in [0.4, 0.5) is 4.79 Å². The quantitative estimate of drug-likeness (QED) is 0.841. The summed E-state index contributed by atoms with van der Waals surface area (Å²) in [6, 6.07) is 10.5. The molecular formula is C21H30N2O3. The highest BCUT2D eigenvalue weighted by atomic mass is 16.6. The first-order valence-electron chi connectivity index (χ1n) is 9.43. The number of aliphatic hydroxyl groups excluding tert-OH is 1. The van der Waals surface area contributed by atoms with Crippen molar-refractivity contribution in [3.05, 3.63) is 47.5 Å². The normalized spacial score (nSPS) is 20.3. The summed E-state index contributed by atoms with van der Waals surface area (Å²) in [4.78, 5) is 16.1. The number of likely N-dealkylation sites (tertiary alicyclic amines) is 1. The van der Waals surface area contributed by atoms with E-state index in [0.29, 0.717) is 13.1 Å². The molecule has 2 aliphatic rings. The van der Waals surface area contributed by atoms with Crippen molar-refractivity contribution in [2.45, 2.75) is 45.4 Å². The van der Waals surface area contributed by atoms with Gasteiger partial charge in [0.15, 0.2) is 0 Å². The molecule has 1 amide bonds. The van der Waals surface area contributed by atoms with Gasteiger partial charge in [-0.15, -0.1) is 0 Å². The number of ether oxygens (including phenoxy) is 1. The molecule has 2 aliphatic heterocycles. The van der Waals surface area contributed by atoms with E-state index in [0.717, 1.165) is 31.6 Å². The molecule has 3 rings (SSSR count). The Labute approximate surface area is 156 Å². The minimum atomic E-state index is -0.477. The Balaban J connectivity index is 1.45. The van der Waals surface area contributed by atoms with Crippen LogP contribution in [-0.4, -0.2) is 58.9 Å². The first-order chi connectivity index (χ1) is 12.3.